The quantitative estimate of drug-likeness (QED) is 0.0378. The average molecular weight is 795 g/mol. The zero-order valence-electron chi connectivity index (χ0n) is 36.9. The Balaban J connectivity index is 1.38. The summed E-state index contributed by atoms with van der Waals surface area (Å²) in [4.78, 5) is 0. The van der Waals surface area contributed by atoms with Gasteiger partial charge in [-0.1, -0.05) is 177 Å². The highest BCUT2D eigenvalue weighted by Crippen LogP contribution is 2.29. The first-order valence-electron chi connectivity index (χ1n) is 23.0. The van der Waals surface area contributed by atoms with E-state index in [0.29, 0.717) is 16.6 Å². The molecule has 0 bridgehead atoms. The summed E-state index contributed by atoms with van der Waals surface area (Å²) in [5.41, 5.74) is 7.43. The van der Waals surface area contributed by atoms with Crippen LogP contribution >= 0.6 is 0 Å². The zero-order valence-corrected chi connectivity index (χ0v) is 36.9. The molecule has 2 N–H and O–H groups in total. The van der Waals surface area contributed by atoms with Crippen LogP contribution in [0.2, 0.25) is 0 Å². The van der Waals surface area contributed by atoms with Gasteiger partial charge in [-0.05, 0) is 110 Å². The number of ether oxygens (including phenoxy) is 2. The van der Waals surface area contributed by atoms with E-state index in [4.69, 9.17) is 9.47 Å². The molecule has 0 aliphatic rings. The molecule has 0 unspecified atom stereocenters. The van der Waals surface area contributed by atoms with Gasteiger partial charge in [-0.2, -0.15) is 0 Å². The molecule has 0 aromatic heterocycles. The van der Waals surface area contributed by atoms with Gasteiger partial charge < -0.3 is 19.5 Å². The van der Waals surface area contributed by atoms with Crippen molar-refractivity contribution in [3.63, 3.8) is 0 Å². The van der Waals surface area contributed by atoms with Crippen molar-refractivity contribution in [3.05, 3.63) is 112 Å². The third-order valence-electron chi connectivity index (χ3n) is 11.1. The molecule has 0 aliphatic carbocycles. The smallest absolute Gasteiger partial charge is 0.489 e. The van der Waals surface area contributed by atoms with Crippen LogP contribution in [0.1, 0.15) is 176 Å². The summed E-state index contributed by atoms with van der Waals surface area (Å²) in [6.07, 6.45) is 26.0. The molecule has 0 fully saturated rings. The first kappa shape index (κ1) is 47.3. The van der Waals surface area contributed by atoms with Gasteiger partial charge in [-0.3, -0.25) is 0 Å². The van der Waals surface area contributed by atoms with Crippen LogP contribution in [0.15, 0.2) is 78.9 Å². The van der Waals surface area contributed by atoms with Gasteiger partial charge in [0.05, 0.1) is 13.2 Å². The van der Waals surface area contributed by atoms with Crippen molar-refractivity contribution in [1.29, 1.82) is 0 Å². The highest BCUT2D eigenvalue weighted by atomic mass is 16.5. The summed E-state index contributed by atoms with van der Waals surface area (Å²) in [5, 5.41) is 21.1. The van der Waals surface area contributed by atoms with Gasteiger partial charge in [0.2, 0.25) is 0 Å². The van der Waals surface area contributed by atoms with Crippen molar-refractivity contribution in [2.75, 3.05) is 13.2 Å². The SMILES string of the molecule is CCCCCCCCCCCCOc1ccc(C#Cc2cc(-c3cc(C)ccc3C)c(C#Cc3ccc(OCCCCCCCCCCCC)cc3)cc2B(O)O)cc1. The molecule has 314 valence electrons. The second kappa shape index (κ2) is 28.1. The van der Waals surface area contributed by atoms with Crippen LogP contribution in [0.5, 0.6) is 11.5 Å². The maximum atomic E-state index is 10.5. The minimum atomic E-state index is -1.71. The van der Waals surface area contributed by atoms with Crippen molar-refractivity contribution in [2.45, 2.75) is 156 Å². The highest BCUT2D eigenvalue weighted by molar-refractivity contribution is 6.59. The van der Waals surface area contributed by atoms with Crippen molar-refractivity contribution in [3.8, 4) is 46.3 Å². The Kier molecular flexibility index (Phi) is 22.5. The minimum absolute atomic E-state index is 0.322. The van der Waals surface area contributed by atoms with Gasteiger partial charge in [0.1, 0.15) is 11.5 Å². The minimum Gasteiger partial charge on any atom is -0.494 e. The van der Waals surface area contributed by atoms with Gasteiger partial charge >= 0.3 is 7.12 Å². The molecular formula is C54H71BO4. The number of rotatable bonds is 26. The Hall–Kier alpha value is -4.42. The molecule has 0 aliphatic heterocycles. The molecule has 0 heterocycles. The molecule has 4 rings (SSSR count). The molecule has 4 nitrogen and oxygen atoms in total. The maximum absolute atomic E-state index is 10.5. The summed E-state index contributed by atoms with van der Waals surface area (Å²) in [6.45, 7) is 10.1. The Morgan fingerprint density at radius 3 is 1.31 bits per heavy atom. The molecule has 59 heavy (non-hydrogen) atoms. The molecular weight excluding hydrogens is 723 g/mol. The van der Waals surface area contributed by atoms with E-state index >= 15 is 0 Å². The van der Waals surface area contributed by atoms with Gasteiger partial charge in [0.15, 0.2) is 0 Å². The fraction of sp³-hybridized carbons (Fsp3) is 0.481. The summed E-state index contributed by atoms with van der Waals surface area (Å²) in [6, 6.07) is 25.8. The largest absolute Gasteiger partial charge is 0.494 e. The van der Waals surface area contributed by atoms with Crippen LogP contribution in [0.3, 0.4) is 0 Å². The van der Waals surface area contributed by atoms with E-state index in [1.165, 1.54) is 116 Å². The third-order valence-corrected chi connectivity index (χ3v) is 11.1. The molecule has 0 amide bonds. The highest BCUT2D eigenvalue weighted by Gasteiger charge is 2.19. The molecule has 4 aromatic carbocycles. The second-order valence-corrected chi connectivity index (χ2v) is 16.3. The average Bonchev–Trinajstić information content (AvgIpc) is 3.24. The second-order valence-electron chi connectivity index (χ2n) is 16.3. The lowest BCUT2D eigenvalue weighted by Crippen LogP contribution is -2.32. The van der Waals surface area contributed by atoms with E-state index in [-0.39, 0.29) is 0 Å². The van der Waals surface area contributed by atoms with E-state index in [1.807, 2.05) is 54.6 Å². The van der Waals surface area contributed by atoms with Crippen LogP contribution in [0, 0.1) is 37.5 Å². The predicted octanol–water partition coefficient (Wildman–Crippen LogP) is 13.0. The molecule has 0 radical (unpaired) electrons. The lowest BCUT2D eigenvalue weighted by Gasteiger charge is -2.14. The fourth-order valence-electron chi connectivity index (χ4n) is 7.40. The number of hydrogen-bond acceptors (Lipinski definition) is 4. The van der Waals surface area contributed by atoms with Gasteiger partial charge in [-0.15, -0.1) is 0 Å². The van der Waals surface area contributed by atoms with E-state index < -0.39 is 7.12 Å². The van der Waals surface area contributed by atoms with Gasteiger partial charge in [0.25, 0.3) is 0 Å². The fourth-order valence-corrected chi connectivity index (χ4v) is 7.40. The van der Waals surface area contributed by atoms with E-state index in [0.717, 1.165) is 70.9 Å². The maximum Gasteiger partial charge on any atom is 0.489 e. The van der Waals surface area contributed by atoms with Crippen LogP contribution in [0.25, 0.3) is 11.1 Å². The van der Waals surface area contributed by atoms with Crippen molar-refractivity contribution >= 4 is 12.6 Å². The predicted molar refractivity (Wildman–Crippen MR) is 251 cm³/mol. The molecule has 0 saturated carbocycles. The lowest BCUT2D eigenvalue weighted by molar-refractivity contribution is 0.304. The Labute approximate surface area is 358 Å². The van der Waals surface area contributed by atoms with Crippen molar-refractivity contribution in [2.24, 2.45) is 0 Å². The lowest BCUT2D eigenvalue weighted by atomic mass is 9.74. The van der Waals surface area contributed by atoms with Crippen LogP contribution in [0.4, 0.5) is 0 Å². The molecule has 4 aromatic rings. The van der Waals surface area contributed by atoms with Gasteiger partial charge in [-0.25, -0.2) is 0 Å². The molecule has 0 atom stereocenters. The first-order chi connectivity index (χ1) is 28.9. The summed E-state index contributed by atoms with van der Waals surface area (Å²) >= 11 is 0. The Morgan fingerprint density at radius 2 is 0.864 bits per heavy atom. The van der Waals surface area contributed by atoms with Crippen LogP contribution in [-0.2, 0) is 0 Å². The number of unbranched alkanes of at least 4 members (excludes halogenated alkanes) is 18. The number of benzene rings is 4. The first-order valence-corrected chi connectivity index (χ1v) is 23.0. The van der Waals surface area contributed by atoms with E-state index in [2.05, 4.69) is 69.6 Å². The molecule has 0 saturated heterocycles. The normalized spacial score (nSPS) is 10.7. The monoisotopic (exact) mass is 795 g/mol. The van der Waals surface area contributed by atoms with Crippen molar-refractivity contribution in [1.82, 2.24) is 0 Å². The topological polar surface area (TPSA) is 58.9 Å². The van der Waals surface area contributed by atoms with Crippen LogP contribution in [-0.4, -0.2) is 30.4 Å². The van der Waals surface area contributed by atoms with Gasteiger partial charge in [0, 0.05) is 22.3 Å². The third kappa shape index (κ3) is 18.2. The number of aryl methyl sites for hydroxylation is 2. The van der Waals surface area contributed by atoms with E-state index in [9.17, 15) is 10.0 Å². The van der Waals surface area contributed by atoms with Crippen LogP contribution < -0.4 is 14.9 Å². The Morgan fingerprint density at radius 1 is 0.441 bits per heavy atom. The van der Waals surface area contributed by atoms with E-state index in [1.54, 1.807) is 6.07 Å². The number of hydrogen-bond donors (Lipinski definition) is 2. The Bertz CT molecular complexity index is 1910. The molecule has 0 spiro atoms. The zero-order chi connectivity index (χ0) is 41.9. The standard InChI is InChI=1S/C54H71BO4/c1-5-7-9-11-13-15-17-19-21-23-39-58-50-35-29-46(30-36-50)27-33-48-43-54(55(56)57)49(42-53(48)52-41-44(3)25-26-45(52)4)34-28-47-31-37-51(38-32-47)59-40-24-22-20-18-16-14-12-10-8-6-2/h25-26,29-32,35-38,41-43,56-57H,5-24,39-40H2,1-4H3. The summed E-state index contributed by atoms with van der Waals surface area (Å²) in [5.74, 6) is 14.8. The molecule has 5 heteroatoms. The van der Waals surface area contributed by atoms with Crippen molar-refractivity contribution < 1.29 is 19.5 Å². The summed E-state index contributed by atoms with van der Waals surface area (Å²) in [7, 11) is -1.71. The summed E-state index contributed by atoms with van der Waals surface area (Å²) < 4.78 is 12.0.